The monoisotopic (exact) mass is 376 g/mol. The maximum absolute atomic E-state index is 6.42. The van der Waals surface area contributed by atoms with Gasteiger partial charge in [0.2, 0.25) is 0 Å². The predicted octanol–water partition coefficient (Wildman–Crippen LogP) is 5.67. The molecule has 2 aromatic carbocycles. The summed E-state index contributed by atoms with van der Waals surface area (Å²) in [6, 6.07) is 16.0. The van der Waals surface area contributed by atoms with Gasteiger partial charge < -0.3 is 4.90 Å². The van der Waals surface area contributed by atoms with Crippen molar-refractivity contribution in [2.75, 3.05) is 13.1 Å². The van der Waals surface area contributed by atoms with Crippen LogP contribution in [0.3, 0.4) is 0 Å². The fourth-order valence-corrected chi connectivity index (χ4v) is 3.32. The molecule has 3 rings (SSSR count). The summed E-state index contributed by atoms with van der Waals surface area (Å²) in [5.74, 6) is 0.975. The molecule has 1 fully saturated rings. The third-order valence-electron chi connectivity index (χ3n) is 3.81. The summed E-state index contributed by atoms with van der Waals surface area (Å²) in [5, 5.41) is 0.752. The van der Waals surface area contributed by atoms with Crippen molar-refractivity contribution in [1.29, 1.82) is 0 Å². The van der Waals surface area contributed by atoms with Gasteiger partial charge >= 0.3 is 0 Å². The van der Waals surface area contributed by atoms with Crippen molar-refractivity contribution in [2.24, 2.45) is 4.99 Å². The van der Waals surface area contributed by atoms with Crippen LogP contribution < -0.4 is 0 Å². The van der Waals surface area contributed by atoms with Crippen molar-refractivity contribution >= 4 is 39.1 Å². The summed E-state index contributed by atoms with van der Waals surface area (Å²) in [6.07, 6.45) is 3.72. The smallest absolute Gasteiger partial charge is 0.138 e. The minimum Gasteiger partial charge on any atom is -0.356 e. The Bertz CT molecular complexity index is 678. The number of piperidine rings is 1. The molecular weight excluding hydrogens is 360 g/mol. The molecular formula is C18H18BrClN2. The fourth-order valence-electron chi connectivity index (χ4n) is 2.72. The van der Waals surface area contributed by atoms with Gasteiger partial charge in [0.25, 0.3) is 0 Å². The lowest BCUT2D eigenvalue weighted by Gasteiger charge is -2.30. The molecule has 2 nitrogen and oxygen atoms in total. The Morgan fingerprint density at radius 1 is 1.00 bits per heavy atom. The molecule has 1 saturated heterocycles. The van der Waals surface area contributed by atoms with Crippen molar-refractivity contribution in [3.63, 3.8) is 0 Å². The number of rotatable bonds is 2. The number of aliphatic imine (C=N–C) groups is 1. The largest absolute Gasteiger partial charge is 0.356 e. The van der Waals surface area contributed by atoms with Gasteiger partial charge in [0.1, 0.15) is 5.84 Å². The second-order valence-electron chi connectivity index (χ2n) is 5.44. The Morgan fingerprint density at radius 3 is 2.50 bits per heavy atom. The first-order valence-corrected chi connectivity index (χ1v) is 8.75. The van der Waals surface area contributed by atoms with Crippen LogP contribution in [0.25, 0.3) is 0 Å². The van der Waals surface area contributed by atoms with Gasteiger partial charge in [-0.15, -0.1) is 0 Å². The van der Waals surface area contributed by atoms with Gasteiger partial charge in [-0.3, -0.25) is 0 Å². The lowest BCUT2D eigenvalue weighted by atomic mass is 10.1. The van der Waals surface area contributed by atoms with Gasteiger partial charge in [0.05, 0.1) is 10.7 Å². The van der Waals surface area contributed by atoms with E-state index in [0.717, 1.165) is 39.7 Å². The zero-order valence-corrected chi connectivity index (χ0v) is 14.6. The molecule has 0 spiro atoms. The summed E-state index contributed by atoms with van der Waals surface area (Å²) >= 11 is 9.93. The standard InChI is InChI=1S/C18H18BrClN2/c19-14-7-6-8-15(13-14)21-18(22-11-4-1-5-12-22)16-9-2-3-10-17(16)20/h2-3,6-10,13H,1,4-5,11-12H2. The van der Waals surface area contributed by atoms with Gasteiger partial charge in [0, 0.05) is 23.1 Å². The van der Waals surface area contributed by atoms with Crippen LogP contribution in [0.15, 0.2) is 58.0 Å². The minimum atomic E-state index is 0.752. The van der Waals surface area contributed by atoms with E-state index in [1.54, 1.807) is 0 Å². The molecule has 1 heterocycles. The van der Waals surface area contributed by atoms with E-state index in [1.807, 2.05) is 48.5 Å². The third-order valence-corrected chi connectivity index (χ3v) is 4.64. The average Bonchev–Trinajstić information content (AvgIpc) is 2.54. The summed E-state index contributed by atoms with van der Waals surface area (Å²) in [7, 11) is 0. The Hall–Kier alpha value is -1.32. The molecule has 0 atom stereocenters. The normalized spacial score (nSPS) is 15.9. The summed E-state index contributed by atoms with van der Waals surface area (Å²) in [6.45, 7) is 2.08. The highest BCUT2D eigenvalue weighted by atomic mass is 79.9. The minimum absolute atomic E-state index is 0.752. The number of benzene rings is 2. The molecule has 0 bridgehead atoms. The van der Waals surface area contributed by atoms with Gasteiger partial charge in [-0.2, -0.15) is 0 Å². The molecule has 1 aliphatic heterocycles. The molecule has 1 aliphatic rings. The van der Waals surface area contributed by atoms with E-state index in [2.05, 4.69) is 20.8 Å². The lowest BCUT2D eigenvalue weighted by Crippen LogP contribution is -2.36. The first-order valence-electron chi connectivity index (χ1n) is 7.58. The average molecular weight is 378 g/mol. The van der Waals surface area contributed by atoms with Gasteiger partial charge in [-0.05, 0) is 49.6 Å². The maximum Gasteiger partial charge on any atom is 0.138 e. The van der Waals surface area contributed by atoms with Gasteiger partial charge in [-0.25, -0.2) is 4.99 Å². The van der Waals surface area contributed by atoms with Crippen LogP contribution in [0.5, 0.6) is 0 Å². The molecule has 0 aliphatic carbocycles. The SMILES string of the molecule is Clc1ccccc1C(=Nc1cccc(Br)c1)N1CCCCC1. The molecule has 0 aromatic heterocycles. The molecule has 0 N–H and O–H groups in total. The Kier molecular flexibility index (Phi) is 5.16. The Balaban J connectivity index is 2.04. The van der Waals surface area contributed by atoms with Crippen LogP contribution in [0.4, 0.5) is 5.69 Å². The van der Waals surface area contributed by atoms with Crippen molar-refractivity contribution in [1.82, 2.24) is 4.90 Å². The van der Waals surface area contributed by atoms with Crippen molar-refractivity contribution in [2.45, 2.75) is 19.3 Å². The molecule has 4 heteroatoms. The maximum atomic E-state index is 6.42. The molecule has 0 unspecified atom stereocenters. The highest BCUT2D eigenvalue weighted by molar-refractivity contribution is 9.10. The third kappa shape index (κ3) is 3.71. The number of hydrogen-bond acceptors (Lipinski definition) is 1. The van der Waals surface area contributed by atoms with E-state index in [9.17, 15) is 0 Å². The van der Waals surface area contributed by atoms with Crippen LogP contribution >= 0.6 is 27.5 Å². The second kappa shape index (κ2) is 7.30. The van der Waals surface area contributed by atoms with E-state index < -0.39 is 0 Å². The number of hydrogen-bond donors (Lipinski definition) is 0. The van der Waals surface area contributed by atoms with Crippen LogP contribution in [0.2, 0.25) is 5.02 Å². The number of halogens is 2. The van der Waals surface area contributed by atoms with Crippen LogP contribution in [-0.4, -0.2) is 23.8 Å². The van der Waals surface area contributed by atoms with Gasteiger partial charge in [-0.1, -0.05) is 45.7 Å². The Morgan fingerprint density at radius 2 is 1.77 bits per heavy atom. The van der Waals surface area contributed by atoms with Crippen LogP contribution in [0.1, 0.15) is 24.8 Å². The molecule has 22 heavy (non-hydrogen) atoms. The molecule has 0 saturated carbocycles. The topological polar surface area (TPSA) is 15.6 Å². The highest BCUT2D eigenvalue weighted by Crippen LogP contribution is 2.25. The molecule has 2 aromatic rings. The van der Waals surface area contributed by atoms with E-state index in [-0.39, 0.29) is 0 Å². The summed E-state index contributed by atoms with van der Waals surface area (Å²) < 4.78 is 1.03. The first-order chi connectivity index (χ1) is 10.7. The lowest BCUT2D eigenvalue weighted by molar-refractivity contribution is 0.343. The second-order valence-corrected chi connectivity index (χ2v) is 6.77. The number of nitrogens with zero attached hydrogens (tertiary/aromatic N) is 2. The van der Waals surface area contributed by atoms with Crippen LogP contribution in [0, 0.1) is 0 Å². The van der Waals surface area contributed by atoms with E-state index >= 15 is 0 Å². The zero-order chi connectivity index (χ0) is 15.4. The zero-order valence-electron chi connectivity index (χ0n) is 12.3. The summed E-state index contributed by atoms with van der Waals surface area (Å²) in [5.41, 5.74) is 1.95. The van der Waals surface area contributed by atoms with E-state index in [4.69, 9.17) is 16.6 Å². The molecule has 114 valence electrons. The molecule has 0 amide bonds. The number of amidine groups is 1. The van der Waals surface area contributed by atoms with Crippen molar-refractivity contribution in [3.8, 4) is 0 Å². The Labute approximate surface area is 144 Å². The van der Waals surface area contributed by atoms with Gasteiger partial charge in [0.15, 0.2) is 0 Å². The van der Waals surface area contributed by atoms with Crippen molar-refractivity contribution < 1.29 is 0 Å². The van der Waals surface area contributed by atoms with E-state index in [1.165, 1.54) is 19.3 Å². The first kappa shape index (κ1) is 15.6. The quantitative estimate of drug-likeness (QED) is 0.486. The van der Waals surface area contributed by atoms with Crippen molar-refractivity contribution in [3.05, 3.63) is 63.6 Å². The van der Waals surface area contributed by atoms with Crippen LogP contribution in [-0.2, 0) is 0 Å². The predicted molar refractivity (Wildman–Crippen MR) is 97.2 cm³/mol. The molecule has 0 radical (unpaired) electrons. The number of likely N-dealkylation sites (tertiary alicyclic amines) is 1. The summed E-state index contributed by atoms with van der Waals surface area (Å²) in [4.78, 5) is 7.26. The van der Waals surface area contributed by atoms with E-state index in [0.29, 0.717) is 0 Å². The highest BCUT2D eigenvalue weighted by Gasteiger charge is 2.18. The fraction of sp³-hybridized carbons (Fsp3) is 0.278.